The van der Waals surface area contributed by atoms with E-state index in [1.54, 1.807) is 34.8 Å². The topological polar surface area (TPSA) is 70.7 Å². The Morgan fingerprint density at radius 1 is 1.19 bits per heavy atom. The molecule has 0 spiro atoms. The van der Waals surface area contributed by atoms with E-state index in [-0.39, 0.29) is 11.7 Å². The van der Waals surface area contributed by atoms with Crippen molar-refractivity contribution in [3.8, 4) is 11.4 Å². The lowest BCUT2D eigenvalue weighted by Gasteiger charge is -2.26. The molecule has 3 aromatic heterocycles. The first-order valence-electron chi connectivity index (χ1n) is 10.8. The number of hydrogen-bond acceptors (Lipinski definition) is 7. The van der Waals surface area contributed by atoms with Crippen molar-refractivity contribution in [2.75, 3.05) is 7.11 Å². The maximum absolute atomic E-state index is 13.9. The summed E-state index contributed by atoms with van der Waals surface area (Å²) in [5.41, 5.74) is 1.79. The first kappa shape index (κ1) is 21.5. The molecule has 0 amide bonds. The van der Waals surface area contributed by atoms with Crippen molar-refractivity contribution in [3.63, 3.8) is 0 Å². The minimum Gasteiger partial charge on any atom is -0.497 e. The van der Waals surface area contributed by atoms with Gasteiger partial charge in [0.05, 0.1) is 30.9 Å². The summed E-state index contributed by atoms with van der Waals surface area (Å²) in [6.45, 7) is 9.12. The highest BCUT2D eigenvalue weighted by Crippen LogP contribution is 2.38. The van der Waals surface area contributed by atoms with Gasteiger partial charge in [0.1, 0.15) is 10.6 Å². The first-order valence-corrected chi connectivity index (χ1v) is 12.5. The van der Waals surface area contributed by atoms with Crippen molar-refractivity contribution < 1.29 is 9.47 Å². The minimum atomic E-state index is -0.0620. The monoisotopic (exact) mass is 470 g/mol. The van der Waals surface area contributed by atoms with Crippen molar-refractivity contribution in [2.45, 2.75) is 57.2 Å². The quantitative estimate of drug-likeness (QED) is 0.394. The second-order valence-corrected chi connectivity index (χ2v) is 11.2. The highest BCUT2D eigenvalue weighted by Gasteiger charge is 2.30. The number of nitrogens with zero attached hydrogens (tertiary/aromatic N) is 4. The molecular weight excluding hydrogens is 444 g/mol. The van der Waals surface area contributed by atoms with Crippen LogP contribution < -0.4 is 10.3 Å². The summed E-state index contributed by atoms with van der Waals surface area (Å²) in [7, 11) is 1.63. The summed E-state index contributed by atoms with van der Waals surface area (Å²) >= 11 is 3.27. The van der Waals surface area contributed by atoms with Crippen LogP contribution in [0.5, 0.6) is 5.75 Å². The van der Waals surface area contributed by atoms with Crippen LogP contribution in [-0.4, -0.2) is 37.6 Å². The zero-order valence-electron chi connectivity index (χ0n) is 18.8. The van der Waals surface area contributed by atoms with Gasteiger partial charge in [-0.15, -0.1) is 21.5 Å². The highest BCUT2D eigenvalue weighted by molar-refractivity contribution is 7.99. The summed E-state index contributed by atoms with van der Waals surface area (Å²) in [6, 6.07) is 7.48. The van der Waals surface area contributed by atoms with E-state index in [4.69, 9.17) is 9.47 Å². The second kappa shape index (κ2) is 8.20. The molecule has 5 rings (SSSR count). The van der Waals surface area contributed by atoms with Gasteiger partial charge < -0.3 is 9.47 Å². The molecule has 1 atom stereocenters. The summed E-state index contributed by atoms with van der Waals surface area (Å²) < 4.78 is 15.1. The number of hydrogen-bond donors (Lipinski definition) is 0. The molecule has 32 heavy (non-hydrogen) atoms. The van der Waals surface area contributed by atoms with E-state index in [1.807, 2.05) is 28.7 Å². The van der Waals surface area contributed by atoms with Crippen molar-refractivity contribution >= 4 is 39.1 Å². The summed E-state index contributed by atoms with van der Waals surface area (Å²) in [6.07, 6.45) is 0.848. The molecule has 0 saturated heterocycles. The first-order chi connectivity index (χ1) is 15.4. The van der Waals surface area contributed by atoms with E-state index in [0.29, 0.717) is 23.6 Å². The third kappa shape index (κ3) is 3.43. The molecule has 4 heterocycles. The van der Waals surface area contributed by atoms with Gasteiger partial charge in [0.25, 0.3) is 5.56 Å². The number of aromatic nitrogens is 4. The second-order valence-electron chi connectivity index (χ2n) is 8.60. The molecule has 0 saturated carbocycles. The van der Waals surface area contributed by atoms with Gasteiger partial charge in [0.2, 0.25) is 5.78 Å². The Morgan fingerprint density at radius 2 is 1.94 bits per heavy atom. The maximum atomic E-state index is 13.9. The highest BCUT2D eigenvalue weighted by atomic mass is 32.2. The fraction of sp³-hybridized carbons (Fsp3) is 0.435. The zero-order valence-corrected chi connectivity index (χ0v) is 20.4. The molecule has 0 N–H and O–H groups in total. The Hall–Kier alpha value is -2.36. The smallest absolute Gasteiger partial charge is 0.268 e. The third-order valence-electron chi connectivity index (χ3n) is 5.76. The number of thioether (sulfide) groups is 1. The number of benzene rings is 1. The maximum Gasteiger partial charge on any atom is 0.268 e. The molecule has 168 valence electrons. The van der Waals surface area contributed by atoms with Crippen LogP contribution in [0.2, 0.25) is 0 Å². The van der Waals surface area contributed by atoms with Crippen molar-refractivity contribution in [1.82, 2.24) is 19.2 Å². The van der Waals surface area contributed by atoms with E-state index in [2.05, 4.69) is 37.9 Å². The predicted octanol–water partition coefficient (Wildman–Crippen LogP) is 4.70. The molecule has 1 aliphatic rings. The van der Waals surface area contributed by atoms with Crippen molar-refractivity contribution in [1.29, 1.82) is 0 Å². The number of ether oxygens (including phenoxy) is 2. The number of fused-ring (bicyclic) bond motifs is 5. The molecule has 4 aromatic rings. The van der Waals surface area contributed by atoms with E-state index in [1.165, 1.54) is 0 Å². The van der Waals surface area contributed by atoms with Crippen LogP contribution >= 0.6 is 23.1 Å². The predicted molar refractivity (Wildman–Crippen MR) is 129 cm³/mol. The SMILES string of the molecule is COc1ccc(-n2c(=O)c3c4c(sc3n3c(SC(C)C)nnc23)COC(C(C)C)C4)cc1. The fourth-order valence-corrected chi connectivity index (χ4v) is 6.20. The van der Waals surface area contributed by atoms with Crippen molar-refractivity contribution in [3.05, 3.63) is 45.1 Å². The zero-order chi connectivity index (χ0) is 22.6. The Labute approximate surface area is 194 Å². The van der Waals surface area contributed by atoms with Gasteiger partial charge in [-0.25, -0.2) is 8.97 Å². The molecule has 0 bridgehead atoms. The van der Waals surface area contributed by atoms with Crippen LogP contribution in [0.3, 0.4) is 0 Å². The van der Waals surface area contributed by atoms with Crippen LogP contribution in [0.25, 0.3) is 21.7 Å². The molecule has 0 fully saturated rings. The van der Waals surface area contributed by atoms with Crippen LogP contribution in [0.15, 0.2) is 34.2 Å². The number of thiophene rings is 1. The lowest BCUT2D eigenvalue weighted by molar-refractivity contribution is 0.00200. The van der Waals surface area contributed by atoms with Gasteiger partial charge in [0.15, 0.2) is 5.16 Å². The van der Waals surface area contributed by atoms with Crippen molar-refractivity contribution in [2.24, 2.45) is 5.92 Å². The van der Waals surface area contributed by atoms with E-state index in [0.717, 1.165) is 43.7 Å². The van der Waals surface area contributed by atoms with Crippen LogP contribution in [0.4, 0.5) is 0 Å². The van der Waals surface area contributed by atoms with E-state index < -0.39 is 0 Å². The summed E-state index contributed by atoms with van der Waals surface area (Å²) in [5.74, 6) is 1.64. The van der Waals surface area contributed by atoms with Gasteiger partial charge in [-0.05, 0) is 35.7 Å². The Balaban J connectivity index is 1.84. The van der Waals surface area contributed by atoms with Gasteiger partial charge >= 0.3 is 0 Å². The molecule has 1 unspecified atom stereocenters. The standard InChI is InChI=1S/C23H26N4O3S2/c1-12(2)17-10-16-18(11-30-17)32-21-19(16)20(28)26(14-6-8-15(29-5)9-7-14)22-24-25-23(27(21)22)31-13(3)4/h6-9,12-13,17H,10-11H2,1-5H3. The van der Waals surface area contributed by atoms with E-state index in [9.17, 15) is 4.79 Å². The Morgan fingerprint density at radius 3 is 2.59 bits per heavy atom. The molecule has 1 aromatic carbocycles. The fourth-order valence-electron chi connectivity index (χ4n) is 4.12. The normalized spacial score (nSPS) is 16.4. The summed E-state index contributed by atoms with van der Waals surface area (Å²) in [4.78, 5) is 16.0. The molecular formula is C23H26N4O3S2. The van der Waals surface area contributed by atoms with Gasteiger partial charge in [0, 0.05) is 16.5 Å². The Kier molecular flexibility index (Phi) is 5.51. The number of rotatable bonds is 5. The average molecular weight is 471 g/mol. The summed E-state index contributed by atoms with van der Waals surface area (Å²) in [5, 5.41) is 10.8. The molecule has 9 heteroatoms. The largest absolute Gasteiger partial charge is 0.497 e. The molecule has 7 nitrogen and oxygen atoms in total. The lowest BCUT2D eigenvalue weighted by Crippen LogP contribution is -2.28. The van der Waals surface area contributed by atoms with Crippen LogP contribution in [0.1, 0.15) is 38.1 Å². The number of methoxy groups -OCH3 is 1. The van der Waals surface area contributed by atoms with Crippen LogP contribution in [-0.2, 0) is 17.8 Å². The minimum absolute atomic E-state index is 0.0620. The van der Waals surface area contributed by atoms with Gasteiger partial charge in [-0.2, -0.15) is 0 Å². The van der Waals surface area contributed by atoms with E-state index >= 15 is 0 Å². The lowest BCUT2D eigenvalue weighted by atomic mass is 9.96. The van der Waals surface area contributed by atoms with Gasteiger partial charge in [-0.1, -0.05) is 39.5 Å². The molecule has 1 aliphatic heterocycles. The van der Waals surface area contributed by atoms with Gasteiger partial charge in [-0.3, -0.25) is 4.79 Å². The van der Waals surface area contributed by atoms with Crippen LogP contribution in [0, 0.1) is 5.92 Å². The third-order valence-corrected chi connectivity index (χ3v) is 7.89. The molecule has 0 aliphatic carbocycles. The Bertz CT molecular complexity index is 1350. The molecule has 0 radical (unpaired) electrons. The average Bonchev–Trinajstić information content (AvgIpc) is 3.34.